The maximum atomic E-state index is 11.8. The van der Waals surface area contributed by atoms with Crippen molar-refractivity contribution in [2.75, 3.05) is 0 Å². The van der Waals surface area contributed by atoms with Crippen LogP contribution in [0.25, 0.3) is 0 Å². The third-order valence-electron chi connectivity index (χ3n) is 2.89. The topological polar surface area (TPSA) is 81.4 Å². The van der Waals surface area contributed by atoms with Gasteiger partial charge in [0.1, 0.15) is 0 Å². The van der Waals surface area contributed by atoms with E-state index in [2.05, 4.69) is 5.10 Å². The van der Waals surface area contributed by atoms with Gasteiger partial charge in [0.2, 0.25) is 11.5 Å². The van der Waals surface area contributed by atoms with E-state index in [4.69, 9.17) is 9.84 Å². The number of benzene rings is 1. The third-order valence-corrected chi connectivity index (χ3v) is 2.89. The molecule has 2 rings (SSSR count). The van der Waals surface area contributed by atoms with Crippen LogP contribution in [0.3, 0.4) is 0 Å². The van der Waals surface area contributed by atoms with Crippen LogP contribution in [0.2, 0.25) is 0 Å². The van der Waals surface area contributed by atoms with Gasteiger partial charge >= 0.3 is 5.97 Å². The number of hydrogen-bond acceptors (Lipinski definition) is 4. The van der Waals surface area contributed by atoms with Gasteiger partial charge in [-0.05, 0) is 19.4 Å². The Bertz CT molecular complexity index is 692. The molecule has 0 amide bonds. The molecule has 0 bridgehead atoms. The Hall–Kier alpha value is -2.63. The van der Waals surface area contributed by atoms with E-state index in [1.165, 1.54) is 30.7 Å². The van der Waals surface area contributed by atoms with Gasteiger partial charge in [-0.25, -0.2) is 9.48 Å². The van der Waals surface area contributed by atoms with Gasteiger partial charge in [-0.1, -0.05) is 30.3 Å². The highest BCUT2D eigenvalue weighted by Gasteiger charge is 2.30. The lowest BCUT2D eigenvalue weighted by Crippen LogP contribution is -2.38. The predicted molar refractivity (Wildman–Crippen MR) is 76.4 cm³/mol. The van der Waals surface area contributed by atoms with Crippen molar-refractivity contribution in [1.82, 2.24) is 9.78 Å². The SMILES string of the molecule is CC(C)(Oc1ccc(=O)n(Cc2ccccc2)n1)C(=O)O. The molecule has 1 N–H and O–H groups in total. The second-order valence-corrected chi connectivity index (χ2v) is 5.07. The number of ether oxygens (including phenoxy) is 1. The fourth-order valence-electron chi connectivity index (χ4n) is 1.66. The fourth-order valence-corrected chi connectivity index (χ4v) is 1.66. The van der Waals surface area contributed by atoms with Crippen molar-refractivity contribution in [3.05, 3.63) is 58.4 Å². The van der Waals surface area contributed by atoms with Crippen molar-refractivity contribution in [3.8, 4) is 5.88 Å². The lowest BCUT2D eigenvalue weighted by molar-refractivity contribution is -0.152. The van der Waals surface area contributed by atoms with Crippen LogP contribution < -0.4 is 10.3 Å². The van der Waals surface area contributed by atoms with Crippen molar-refractivity contribution >= 4 is 5.97 Å². The number of carbonyl (C=O) groups is 1. The molecule has 0 saturated heterocycles. The molecule has 2 aromatic rings. The van der Waals surface area contributed by atoms with Gasteiger partial charge in [-0.15, -0.1) is 5.10 Å². The van der Waals surface area contributed by atoms with E-state index in [-0.39, 0.29) is 11.4 Å². The molecule has 1 aromatic heterocycles. The zero-order valence-corrected chi connectivity index (χ0v) is 11.8. The summed E-state index contributed by atoms with van der Waals surface area (Å²) < 4.78 is 6.56. The van der Waals surface area contributed by atoms with Crippen LogP contribution in [0.15, 0.2) is 47.3 Å². The summed E-state index contributed by atoms with van der Waals surface area (Å²) >= 11 is 0. The zero-order chi connectivity index (χ0) is 15.5. The summed E-state index contributed by atoms with van der Waals surface area (Å²) in [6, 6.07) is 12.1. The molecular formula is C15H16N2O4. The van der Waals surface area contributed by atoms with Crippen LogP contribution in [0.4, 0.5) is 0 Å². The van der Waals surface area contributed by atoms with Gasteiger partial charge < -0.3 is 9.84 Å². The molecule has 6 nitrogen and oxygen atoms in total. The van der Waals surface area contributed by atoms with Crippen molar-refractivity contribution in [3.63, 3.8) is 0 Å². The first kappa shape index (κ1) is 14.8. The summed E-state index contributed by atoms with van der Waals surface area (Å²) in [7, 11) is 0. The Kier molecular flexibility index (Phi) is 4.07. The summed E-state index contributed by atoms with van der Waals surface area (Å²) in [4.78, 5) is 22.9. The molecule has 0 fully saturated rings. The Labute approximate surface area is 121 Å². The average Bonchev–Trinajstić information content (AvgIpc) is 2.43. The van der Waals surface area contributed by atoms with Crippen molar-refractivity contribution < 1.29 is 14.6 Å². The van der Waals surface area contributed by atoms with Crippen LogP contribution in [0.5, 0.6) is 5.88 Å². The average molecular weight is 288 g/mol. The molecule has 1 aromatic carbocycles. The molecule has 1 heterocycles. The van der Waals surface area contributed by atoms with Crippen molar-refractivity contribution in [2.45, 2.75) is 26.0 Å². The molecule has 0 saturated carbocycles. The molecule has 0 spiro atoms. The summed E-state index contributed by atoms with van der Waals surface area (Å²) in [5, 5.41) is 13.1. The Morgan fingerprint density at radius 3 is 2.52 bits per heavy atom. The van der Waals surface area contributed by atoms with Gasteiger partial charge in [0, 0.05) is 12.1 Å². The van der Waals surface area contributed by atoms with E-state index in [1.54, 1.807) is 0 Å². The minimum Gasteiger partial charge on any atom is -0.478 e. The maximum absolute atomic E-state index is 11.8. The van der Waals surface area contributed by atoms with Crippen LogP contribution in [-0.2, 0) is 11.3 Å². The highest BCUT2D eigenvalue weighted by Crippen LogP contribution is 2.14. The smallest absolute Gasteiger partial charge is 0.347 e. The highest BCUT2D eigenvalue weighted by atomic mass is 16.5. The molecular weight excluding hydrogens is 272 g/mol. The lowest BCUT2D eigenvalue weighted by Gasteiger charge is -2.20. The summed E-state index contributed by atoms with van der Waals surface area (Å²) in [6.07, 6.45) is 0. The number of rotatable bonds is 5. The molecule has 110 valence electrons. The van der Waals surface area contributed by atoms with Crippen LogP contribution in [-0.4, -0.2) is 26.5 Å². The molecule has 21 heavy (non-hydrogen) atoms. The molecule has 6 heteroatoms. The minimum absolute atomic E-state index is 0.0953. The quantitative estimate of drug-likeness (QED) is 0.902. The Balaban J connectivity index is 2.26. The Morgan fingerprint density at radius 1 is 1.24 bits per heavy atom. The van der Waals surface area contributed by atoms with Gasteiger partial charge in [0.15, 0.2) is 0 Å². The lowest BCUT2D eigenvalue weighted by atomic mass is 10.1. The maximum Gasteiger partial charge on any atom is 0.347 e. The Morgan fingerprint density at radius 2 is 1.90 bits per heavy atom. The third kappa shape index (κ3) is 3.68. The van der Waals surface area contributed by atoms with E-state index in [0.717, 1.165) is 5.56 Å². The summed E-state index contributed by atoms with van der Waals surface area (Å²) in [5.41, 5.74) is -0.775. The standard InChI is InChI=1S/C15H16N2O4/c1-15(2,14(19)20)21-12-8-9-13(18)17(16-12)10-11-6-4-3-5-7-11/h3-9H,10H2,1-2H3,(H,19,20). The molecule has 0 radical (unpaired) electrons. The van der Waals surface area contributed by atoms with E-state index in [1.807, 2.05) is 30.3 Å². The number of carboxylic acids is 1. The minimum atomic E-state index is -1.41. The first-order chi connectivity index (χ1) is 9.88. The van der Waals surface area contributed by atoms with E-state index < -0.39 is 11.6 Å². The van der Waals surface area contributed by atoms with Gasteiger partial charge in [-0.3, -0.25) is 4.79 Å². The number of aliphatic carboxylic acids is 1. The molecule has 0 unspecified atom stereocenters. The number of hydrogen-bond donors (Lipinski definition) is 1. The van der Waals surface area contributed by atoms with E-state index in [0.29, 0.717) is 6.54 Å². The fraction of sp³-hybridized carbons (Fsp3) is 0.267. The monoisotopic (exact) mass is 288 g/mol. The van der Waals surface area contributed by atoms with E-state index in [9.17, 15) is 9.59 Å². The molecule has 0 atom stereocenters. The first-order valence-corrected chi connectivity index (χ1v) is 6.43. The van der Waals surface area contributed by atoms with Crippen LogP contribution in [0, 0.1) is 0 Å². The normalized spacial score (nSPS) is 11.1. The second-order valence-electron chi connectivity index (χ2n) is 5.07. The van der Waals surface area contributed by atoms with E-state index >= 15 is 0 Å². The van der Waals surface area contributed by atoms with Crippen molar-refractivity contribution in [1.29, 1.82) is 0 Å². The molecule has 0 aliphatic heterocycles. The van der Waals surface area contributed by atoms with Gasteiger partial charge in [0.25, 0.3) is 5.56 Å². The van der Waals surface area contributed by atoms with Crippen LogP contribution >= 0.6 is 0 Å². The zero-order valence-electron chi connectivity index (χ0n) is 11.8. The van der Waals surface area contributed by atoms with Gasteiger partial charge in [-0.2, -0.15) is 0 Å². The highest BCUT2D eigenvalue weighted by molar-refractivity contribution is 5.76. The predicted octanol–water partition coefficient (Wildman–Crippen LogP) is 1.53. The van der Waals surface area contributed by atoms with Gasteiger partial charge in [0.05, 0.1) is 6.54 Å². The number of carboxylic acid groups (broad SMARTS) is 1. The number of aromatic nitrogens is 2. The van der Waals surface area contributed by atoms with Crippen molar-refractivity contribution in [2.24, 2.45) is 0 Å². The molecule has 0 aliphatic carbocycles. The summed E-state index contributed by atoms with van der Waals surface area (Å²) in [6.45, 7) is 3.14. The second kappa shape index (κ2) is 5.78. The first-order valence-electron chi connectivity index (χ1n) is 6.43. The molecule has 0 aliphatic rings. The van der Waals surface area contributed by atoms with Crippen LogP contribution in [0.1, 0.15) is 19.4 Å². The largest absolute Gasteiger partial charge is 0.478 e. The summed E-state index contributed by atoms with van der Waals surface area (Å²) in [5.74, 6) is -1.01. The number of nitrogens with zero attached hydrogens (tertiary/aromatic N) is 2.